The van der Waals surface area contributed by atoms with Gasteiger partial charge in [0.25, 0.3) is 11.5 Å². The molecule has 4 amide bonds. The van der Waals surface area contributed by atoms with Crippen LogP contribution in [-0.4, -0.2) is 92.7 Å². The van der Waals surface area contributed by atoms with Gasteiger partial charge < -0.3 is 19.4 Å². The molecule has 3 saturated heterocycles. The van der Waals surface area contributed by atoms with Gasteiger partial charge in [-0.2, -0.15) is 4.98 Å². The monoisotopic (exact) mass is 894 g/mol. The summed E-state index contributed by atoms with van der Waals surface area (Å²) in [6, 6.07) is 16.7. The summed E-state index contributed by atoms with van der Waals surface area (Å²) in [5.74, 6) is 1.73. The highest BCUT2D eigenvalue weighted by Crippen LogP contribution is 2.61. The molecule has 3 spiro atoms. The molecule has 1 atom stereocenters. The van der Waals surface area contributed by atoms with Crippen molar-refractivity contribution in [2.45, 2.75) is 132 Å². The molecule has 65 heavy (non-hydrogen) atoms. The molecule has 13 heteroatoms. The van der Waals surface area contributed by atoms with Crippen LogP contribution in [0.4, 0.5) is 0 Å². The molecule has 0 bridgehead atoms. The summed E-state index contributed by atoms with van der Waals surface area (Å²) < 4.78 is 8.63. The highest BCUT2D eigenvalue weighted by molar-refractivity contribution is 6.35. The van der Waals surface area contributed by atoms with Gasteiger partial charge >= 0.3 is 0 Å². The largest absolute Gasteiger partial charge is 0.492 e. The van der Waals surface area contributed by atoms with E-state index in [2.05, 4.69) is 37.9 Å². The van der Waals surface area contributed by atoms with E-state index in [-0.39, 0.29) is 40.5 Å². The molecule has 9 aliphatic rings. The van der Waals surface area contributed by atoms with E-state index in [0.29, 0.717) is 71.9 Å². The van der Waals surface area contributed by atoms with Crippen LogP contribution >= 0.6 is 11.6 Å². The van der Waals surface area contributed by atoms with Crippen LogP contribution in [-0.2, 0) is 31.8 Å². The summed E-state index contributed by atoms with van der Waals surface area (Å²) in [6.45, 7) is 4.47. The number of benzene rings is 3. The molecule has 7 heterocycles. The second-order valence-corrected chi connectivity index (χ2v) is 21.8. The van der Waals surface area contributed by atoms with Crippen LogP contribution in [0.2, 0.25) is 5.02 Å². The molecular weight excluding hydrogens is 840 g/mol. The van der Waals surface area contributed by atoms with Gasteiger partial charge in [-0.15, -0.1) is 0 Å². The van der Waals surface area contributed by atoms with Crippen molar-refractivity contribution in [3.8, 4) is 11.4 Å². The van der Waals surface area contributed by atoms with E-state index < -0.39 is 11.9 Å². The fourth-order valence-electron chi connectivity index (χ4n) is 14.5. The Morgan fingerprint density at radius 2 is 1.63 bits per heavy atom. The zero-order valence-electron chi connectivity index (χ0n) is 36.8. The molecule has 3 aliphatic carbocycles. The van der Waals surface area contributed by atoms with Gasteiger partial charge in [0.2, 0.25) is 17.7 Å². The maximum atomic E-state index is 13.9. The van der Waals surface area contributed by atoms with Crippen molar-refractivity contribution in [3.63, 3.8) is 0 Å². The molecule has 0 radical (unpaired) electrons. The Balaban J connectivity index is 0.617. The van der Waals surface area contributed by atoms with Crippen molar-refractivity contribution < 1.29 is 23.9 Å². The number of nitrogens with one attached hydrogen (secondary N) is 1. The third kappa shape index (κ3) is 5.90. The molecule has 1 aromatic heterocycles. The van der Waals surface area contributed by atoms with Gasteiger partial charge in [0.05, 0.1) is 40.2 Å². The normalized spacial score (nSPS) is 28.8. The average molecular weight is 896 g/mol. The third-order valence-electron chi connectivity index (χ3n) is 18.1. The fraction of sp³-hybridized carbons (Fsp3) is 0.538. The van der Waals surface area contributed by atoms with Gasteiger partial charge in [0.1, 0.15) is 17.6 Å². The molecule has 12 nitrogen and oxygen atoms in total. The van der Waals surface area contributed by atoms with E-state index in [1.165, 1.54) is 30.4 Å². The van der Waals surface area contributed by atoms with Crippen molar-refractivity contribution in [1.82, 2.24) is 29.6 Å². The van der Waals surface area contributed by atoms with Gasteiger partial charge in [0, 0.05) is 53.6 Å². The number of amides is 4. The number of carbonyl (C=O) groups excluding carboxylic acids is 4. The maximum Gasteiger partial charge on any atom is 0.282 e. The van der Waals surface area contributed by atoms with Gasteiger partial charge in [-0.25, -0.2) is 0 Å². The van der Waals surface area contributed by atoms with E-state index in [1.807, 2.05) is 24.3 Å². The zero-order valence-corrected chi connectivity index (χ0v) is 37.6. The predicted molar refractivity (Wildman–Crippen MR) is 243 cm³/mol. The minimum Gasteiger partial charge on any atom is -0.492 e. The number of piperidine rings is 3. The molecule has 6 aliphatic heterocycles. The summed E-state index contributed by atoms with van der Waals surface area (Å²) in [6.07, 6.45) is 14.5. The minimum atomic E-state index is -0.656. The number of ether oxygens (including phenoxy) is 1. The first kappa shape index (κ1) is 40.2. The summed E-state index contributed by atoms with van der Waals surface area (Å²) in [7, 11) is 0. The van der Waals surface area contributed by atoms with Gasteiger partial charge in [-0.1, -0.05) is 55.1 Å². The Morgan fingerprint density at radius 3 is 2.40 bits per heavy atom. The first-order valence-electron chi connectivity index (χ1n) is 24.4. The Morgan fingerprint density at radius 1 is 0.846 bits per heavy atom. The van der Waals surface area contributed by atoms with E-state index in [1.54, 1.807) is 11.0 Å². The number of carbonyl (C=O) groups is 4. The number of hydrogen-bond acceptors (Lipinski definition) is 8. The second kappa shape index (κ2) is 14.5. The van der Waals surface area contributed by atoms with Crippen molar-refractivity contribution in [3.05, 3.63) is 97.5 Å². The minimum absolute atomic E-state index is 0.123. The van der Waals surface area contributed by atoms with Crippen LogP contribution < -0.4 is 15.6 Å². The van der Waals surface area contributed by atoms with E-state index in [0.717, 1.165) is 111 Å². The van der Waals surface area contributed by atoms with Gasteiger partial charge in [-0.05, 0) is 130 Å². The van der Waals surface area contributed by atoms with Crippen LogP contribution in [0.3, 0.4) is 0 Å². The lowest BCUT2D eigenvalue weighted by atomic mass is 9.49. The third-order valence-corrected chi connectivity index (χ3v) is 18.4. The predicted octanol–water partition coefficient (Wildman–Crippen LogP) is 7.05. The molecule has 3 aromatic carbocycles. The number of aromatic nitrogens is 2. The maximum absolute atomic E-state index is 13.9. The van der Waals surface area contributed by atoms with Crippen molar-refractivity contribution in [1.29, 1.82) is 0 Å². The number of nitrogens with zero attached hydrogens (tertiary/aromatic N) is 5. The smallest absolute Gasteiger partial charge is 0.282 e. The Bertz CT molecular complexity index is 2800. The molecule has 1 N–H and O–H groups in total. The molecule has 336 valence electrons. The van der Waals surface area contributed by atoms with E-state index >= 15 is 0 Å². The van der Waals surface area contributed by atoms with Crippen LogP contribution in [0.1, 0.15) is 141 Å². The molecule has 0 unspecified atom stereocenters. The van der Waals surface area contributed by atoms with Crippen LogP contribution in [0.15, 0.2) is 53.3 Å². The SMILES string of the molecule is O=C1CC[C@H](N2Cc3c(ccc4c3OCC43CCN(C(=O)C4CC5(C4)CC(N4CCC(c6ccc7c(c6)C6(CCCCC6)c6nc(=O)c8c(Cl)cccc8n6-7)CC4)C5)CC3)C2=O)C(=O)N1. The lowest BCUT2D eigenvalue weighted by Gasteiger charge is -2.60. The summed E-state index contributed by atoms with van der Waals surface area (Å²) >= 11 is 6.59. The molecule has 4 aromatic rings. The van der Waals surface area contributed by atoms with Crippen LogP contribution in [0.25, 0.3) is 16.6 Å². The summed E-state index contributed by atoms with van der Waals surface area (Å²) in [5, 5.41) is 3.35. The lowest BCUT2D eigenvalue weighted by molar-refractivity contribution is -0.155. The Labute approximate surface area is 383 Å². The molecule has 13 rings (SSSR count). The van der Waals surface area contributed by atoms with E-state index in [9.17, 15) is 24.0 Å². The summed E-state index contributed by atoms with van der Waals surface area (Å²) in [5.41, 5.74) is 7.01. The number of rotatable bonds is 4. The Kier molecular flexibility index (Phi) is 8.95. The van der Waals surface area contributed by atoms with Gasteiger partial charge in [0.15, 0.2) is 0 Å². The lowest BCUT2D eigenvalue weighted by Crippen LogP contribution is -2.60. The van der Waals surface area contributed by atoms with Crippen molar-refractivity contribution >= 4 is 46.1 Å². The molecular formula is C52H55ClN6O6. The number of likely N-dealkylation sites (tertiary alicyclic amines) is 2. The first-order valence-corrected chi connectivity index (χ1v) is 24.7. The second-order valence-electron chi connectivity index (χ2n) is 21.4. The number of hydrogen-bond donors (Lipinski definition) is 1. The highest BCUT2D eigenvalue weighted by Gasteiger charge is 2.57. The zero-order chi connectivity index (χ0) is 44.0. The quantitative estimate of drug-likeness (QED) is 0.216. The van der Waals surface area contributed by atoms with Crippen molar-refractivity contribution in [2.24, 2.45) is 11.3 Å². The topological polar surface area (TPSA) is 134 Å². The fourth-order valence-corrected chi connectivity index (χ4v) is 14.8. The van der Waals surface area contributed by atoms with Crippen LogP contribution in [0.5, 0.6) is 5.75 Å². The number of imide groups is 1. The van der Waals surface area contributed by atoms with Crippen molar-refractivity contribution in [2.75, 3.05) is 32.8 Å². The number of halogens is 1. The highest BCUT2D eigenvalue weighted by atomic mass is 35.5. The van der Waals surface area contributed by atoms with Gasteiger partial charge in [-0.3, -0.25) is 33.9 Å². The molecule has 3 saturated carbocycles. The first-order chi connectivity index (χ1) is 31.5. The van der Waals surface area contributed by atoms with E-state index in [4.69, 9.17) is 21.3 Å². The number of fused-ring (bicyclic) bond motifs is 11. The average Bonchev–Trinajstić information content (AvgIpc) is 3.90. The summed E-state index contributed by atoms with van der Waals surface area (Å²) in [4.78, 5) is 76.4. The molecule has 6 fully saturated rings. The van der Waals surface area contributed by atoms with Crippen LogP contribution in [0, 0.1) is 11.3 Å². The Hall–Kier alpha value is -5.07. The standard InChI is InChI=1S/C52H55ClN6O6/c53-38-5-4-6-40-43(38)46(62)55-49-52(15-2-1-3-16-52)37-23-31(7-10-39(37)59(40)49)30-13-19-56(20-14-30)33-26-50(27-33)24-32(25-50)47(63)57-21-17-51(18-22-57)29-65-44-35-28-58(41-11-12-42(60)54-45(41)61)48(64)34(35)8-9-36(44)51/h4-10,23,30,32-33,41H,1-3,11-22,24-29H2,(H,54,60,61)/t32?,33?,41-,50?/m0/s1.